The fourth-order valence-corrected chi connectivity index (χ4v) is 4.26. The van der Waals surface area contributed by atoms with Crippen LogP contribution in [0.25, 0.3) is 10.8 Å². The fraction of sp³-hybridized carbons (Fsp3) is 0.435. The molecule has 1 amide bonds. The summed E-state index contributed by atoms with van der Waals surface area (Å²) in [5, 5.41) is 2.57. The zero-order valence-electron chi connectivity index (χ0n) is 15.9. The second kappa shape index (κ2) is 6.46. The SMILES string of the molecule is CC(C)(C)OC(=O)N1C2C=C(Cc3ccc4ccccc4c3)CC1CC2. The van der Waals surface area contributed by atoms with Gasteiger partial charge >= 0.3 is 6.09 Å². The molecular weight excluding hydrogens is 322 g/mol. The maximum absolute atomic E-state index is 12.6. The lowest BCUT2D eigenvalue weighted by atomic mass is 9.94. The summed E-state index contributed by atoms with van der Waals surface area (Å²) in [4.78, 5) is 14.5. The van der Waals surface area contributed by atoms with Crippen molar-refractivity contribution in [1.82, 2.24) is 4.90 Å². The van der Waals surface area contributed by atoms with Crippen LogP contribution in [0.3, 0.4) is 0 Å². The number of hydrogen-bond donors (Lipinski definition) is 0. The van der Waals surface area contributed by atoms with Gasteiger partial charge in [0, 0.05) is 6.04 Å². The zero-order chi connectivity index (χ0) is 18.3. The third kappa shape index (κ3) is 3.48. The first-order chi connectivity index (χ1) is 12.4. The van der Waals surface area contributed by atoms with E-state index in [0.29, 0.717) is 0 Å². The summed E-state index contributed by atoms with van der Waals surface area (Å²) in [5.74, 6) is 0. The number of rotatable bonds is 2. The lowest BCUT2D eigenvalue weighted by molar-refractivity contribution is 0.0166. The molecule has 0 spiro atoms. The van der Waals surface area contributed by atoms with Crippen molar-refractivity contribution in [1.29, 1.82) is 0 Å². The van der Waals surface area contributed by atoms with Crippen molar-refractivity contribution in [2.45, 2.75) is 64.1 Å². The van der Waals surface area contributed by atoms with Gasteiger partial charge < -0.3 is 4.74 Å². The second-order valence-electron chi connectivity index (χ2n) is 8.57. The van der Waals surface area contributed by atoms with Gasteiger partial charge in [-0.1, -0.05) is 54.1 Å². The summed E-state index contributed by atoms with van der Waals surface area (Å²) >= 11 is 0. The monoisotopic (exact) mass is 349 g/mol. The number of carbonyl (C=O) groups is 1. The molecule has 2 heterocycles. The number of hydrogen-bond acceptors (Lipinski definition) is 2. The van der Waals surface area contributed by atoms with Crippen LogP contribution in [0.15, 0.2) is 54.1 Å². The number of amides is 1. The van der Waals surface area contributed by atoms with Crippen molar-refractivity contribution in [3.8, 4) is 0 Å². The van der Waals surface area contributed by atoms with Gasteiger partial charge in [0.05, 0.1) is 6.04 Å². The van der Waals surface area contributed by atoms with Crippen molar-refractivity contribution < 1.29 is 9.53 Å². The summed E-state index contributed by atoms with van der Waals surface area (Å²) in [5.41, 5.74) is 2.36. The third-order valence-electron chi connectivity index (χ3n) is 5.32. The molecule has 0 N–H and O–H groups in total. The van der Waals surface area contributed by atoms with Crippen LogP contribution in [-0.2, 0) is 11.2 Å². The minimum Gasteiger partial charge on any atom is -0.444 e. The summed E-state index contributed by atoms with van der Waals surface area (Å²) in [6.45, 7) is 5.78. The van der Waals surface area contributed by atoms with Gasteiger partial charge in [-0.3, -0.25) is 4.90 Å². The van der Waals surface area contributed by atoms with Gasteiger partial charge in [-0.05, 0) is 62.8 Å². The third-order valence-corrected chi connectivity index (χ3v) is 5.32. The predicted octanol–water partition coefficient (Wildman–Crippen LogP) is 5.48. The van der Waals surface area contributed by atoms with Crippen molar-refractivity contribution in [3.63, 3.8) is 0 Å². The number of carbonyl (C=O) groups excluding carboxylic acids is 1. The Kier molecular flexibility index (Phi) is 4.26. The largest absolute Gasteiger partial charge is 0.444 e. The quantitative estimate of drug-likeness (QED) is 0.672. The summed E-state index contributed by atoms with van der Waals surface area (Å²) in [7, 11) is 0. The van der Waals surface area contributed by atoms with E-state index in [2.05, 4.69) is 48.5 Å². The predicted molar refractivity (Wildman–Crippen MR) is 105 cm³/mol. The first-order valence-electron chi connectivity index (χ1n) is 9.58. The van der Waals surface area contributed by atoms with Gasteiger partial charge in [0.25, 0.3) is 0 Å². The van der Waals surface area contributed by atoms with Crippen LogP contribution in [0.2, 0.25) is 0 Å². The Morgan fingerprint density at radius 2 is 1.88 bits per heavy atom. The minimum absolute atomic E-state index is 0.161. The molecule has 0 aliphatic carbocycles. The van der Waals surface area contributed by atoms with Crippen LogP contribution in [0.5, 0.6) is 0 Å². The van der Waals surface area contributed by atoms with Crippen molar-refractivity contribution in [2.75, 3.05) is 0 Å². The van der Waals surface area contributed by atoms with E-state index in [1.165, 1.54) is 21.9 Å². The van der Waals surface area contributed by atoms with E-state index in [0.717, 1.165) is 25.7 Å². The van der Waals surface area contributed by atoms with Crippen molar-refractivity contribution in [2.24, 2.45) is 0 Å². The molecule has 2 aliphatic rings. The zero-order valence-corrected chi connectivity index (χ0v) is 15.9. The van der Waals surface area contributed by atoms with E-state index < -0.39 is 5.60 Å². The molecule has 0 saturated carbocycles. The molecule has 136 valence electrons. The van der Waals surface area contributed by atoms with E-state index in [1.807, 2.05) is 25.7 Å². The maximum Gasteiger partial charge on any atom is 0.411 e. The lowest BCUT2D eigenvalue weighted by Crippen LogP contribution is -2.45. The van der Waals surface area contributed by atoms with Crippen LogP contribution in [0.4, 0.5) is 4.79 Å². The maximum atomic E-state index is 12.6. The van der Waals surface area contributed by atoms with Crippen molar-refractivity contribution >= 4 is 16.9 Å². The molecule has 2 aromatic carbocycles. The van der Waals surface area contributed by atoms with Gasteiger partial charge in [0.2, 0.25) is 0 Å². The Morgan fingerprint density at radius 1 is 1.12 bits per heavy atom. The van der Waals surface area contributed by atoms with Crippen LogP contribution < -0.4 is 0 Å². The molecule has 3 nitrogen and oxygen atoms in total. The van der Waals surface area contributed by atoms with Crippen LogP contribution in [0.1, 0.15) is 45.6 Å². The van der Waals surface area contributed by atoms with E-state index in [4.69, 9.17) is 4.74 Å². The molecule has 1 fully saturated rings. The molecule has 4 rings (SSSR count). The Hall–Kier alpha value is -2.29. The van der Waals surface area contributed by atoms with E-state index in [9.17, 15) is 4.79 Å². The first-order valence-corrected chi connectivity index (χ1v) is 9.58. The van der Waals surface area contributed by atoms with E-state index in [-0.39, 0.29) is 18.2 Å². The van der Waals surface area contributed by atoms with E-state index in [1.54, 1.807) is 0 Å². The van der Waals surface area contributed by atoms with Gasteiger partial charge in [-0.25, -0.2) is 4.79 Å². The Balaban J connectivity index is 1.51. The lowest BCUT2D eigenvalue weighted by Gasteiger charge is -2.35. The second-order valence-corrected chi connectivity index (χ2v) is 8.57. The fourth-order valence-electron chi connectivity index (χ4n) is 4.26. The number of ether oxygens (including phenoxy) is 1. The average Bonchev–Trinajstić information content (AvgIpc) is 2.85. The van der Waals surface area contributed by atoms with Crippen molar-refractivity contribution in [3.05, 3.63) is 59.7 Å². The summed E-state index contributed by atoms with van der Waals surface area (Å²) in [6.07, 6.45) is 6.20. The Morgan fingerprint density at radius 3 is 2.62 bits per heavy atom. The molecule has 2 aliphatic heterocycles. The summed E-state index contributed by atoms with van der Waals surface area (Å²) < 4.78 is 5.62. The molecule has 2 unspecified atom stereocenters. The smallest absolute Gasteiger partial charge is 0.411 e. The molecule has 26 heavy (non-hydrogen) atoms. The molecule has 2 bridgehead atoms. The Bertz CT molecular complexity index is 862. The normalized spacial score (nSPS) is 22.4. The van der Waals surface area contributed by atoms with Crippen LogP contribution >= 0.6 is 0 Å². The molecule has 0 aromatic heterocycles. The van der Waals surface area contributed by atoms with Gasteiger partial charge in [0.1, 0.15) is 5.60 Å². The highest BCUT2D eigenvalue weighted by Crippen LogP contribution is 2.37. The highest BCUT2D eigenvalue weighted by atomic mass is 16.6. The average molecular weight is 349 g/mol. The summed E-state index contributed by atoms with van der Waals surface area (Å²) in [6, 6.07) is 15.7. The molecule has 3 heteroatoms. The molecule has 2 atom stereocenters. The highest BCUT2D eigenvalue weighted by Gasteiger charge is 2.41. The molecule has 0 radical (unpaired) electrons. The highest BCUT2D eigenvalue weighted by molar-refractivity contribution is 5.83. The van der Waals surface area contributed by atoms with Crippen LogP contribution in [0, 0.1) is 0 Å². The first kappa shape index (κ1) is 17.1. The number of fused-ring (bicyclic) bond motifs is 3. The van der Waals surface area contributed by atoms with E-state index >= 15 is 0 Å². The van der Waals surface area contributed by atoms with Crippen LogP contribution in [-0.4, -0.2) is 28.7 Å². The number of benzene rings is 2. The molecule has 1 saturated heterocycles. The van der Waals surface area contributed by atoms with Gasteiger partial charge in [-0.2, -0.15) is 0 Å². The van der Waals surface area contributed by atoms with Gasteiger partial charge in [-0.15, -0.1) is 0 Å². The Labute approximate surface area is 155 Å². The van der Waals surface area contributed by atoms with Gasteiger partial charge in [0.15, 0.2) is 0 Å². The topological polar surface area (TPSA) is 29.5 Å². The standard InChI is InChI=1S/C23H27NO2/c1-23(2,3)26-22(25)24-20-10-11-21(24)15-17(14-20)12-16-8-9-18-6-4-5-7-19(18)13-16/h4-9,13-14,20-21H,10-12,15H2,1-3H3. The molecular formula is C23H27NO2. The molecule has 2 aromatic rings. The number of nitrogens with zero attached hydrogens (tertiary/aromatic N) is 1. The minimum atomic E-state index is -0.439.